The second-order valence-electron chi connectivity index (χ2n) is 4.67. The van der Waals surface area contributed by atoms with Crippen LogP contribution in [0.1, 0.15) is 44.6 Å². The number of allylic oxidation sites excluding steroid dienone is 2. The summed E-state index contributed by atoms with van der Waals surface area (Å²) in [6, 6.07) is 9.87. The summed E-state index contributed by atoms with van der Waals surface area (Å²) < 4.78 is 10.7. The average Bonchev–Trinajstić information content (AvgIpc) is 2.50. The van der Waals surface area contributed by atoms with Crippen molar-refractivity contribution in [2.75, 3.05) is 6.79 Å². The molecule has 0 aliphatic heterocycles. The van der Waals surface area contributed by atoms with E-state index in [4.69, 9.17) is 9.47 Å². The van der Waals surface area contributed by atoms with Crippen LogP contribution < -0.4 is 0 Å². The highest BCUT2D eigenvalue weighted by Crippen LogP contribution is 2.06. The third kappa shape index (κ3) is 7.74. The van der Waals surface area contributed by atoms with Crippen molar-refractivity contribution in [3.63, 3.8) is 0 Å². The number of hydrogen-bond acceptors (Lipinski definition) is 3. The number of ether oxygens (including phenoxy) is 2. The van der Waals surface area contributed by atoms with Gasteiger partial charge in [0, 0.05) is 0 Å². The standard InChI is InChI=1S/C17H24O3/c1-2-3-4-5-9-12-17(13-18)20-15-19-14-16-10-7-6-8-11-16/h6-8,10-13H,2-5,9,14-15H2,1H3. The second kappa shape index (κ2) is 11.2. The molecular weight excluding hydrogens is 252 g/mol. The molecule has 110 valence electrons. The lowest BCUT2D eigenvalue weighted by Crippen LogP contribution is -2.01. The fourth-order valence-corrected chi connectivity index (χ4v) is 1.80. The minimum absolute atomic E-state index is 0.106. The first-order valence-electron chi connectivity index (χ1n) is 7.26. The van der Waals surface area contributed by atoms with Crippen LogP contribution in [-0.4, -0.2) is 13.1 Å². The summed E-state index contributed by atoms with van der Waals surface area (Å²) in [6.07, 6.45) is 8.22. The van der Waals surface area contributed by atoms with Gasteiger partial charge in [-0.2, -0.15) is 0 Å². The van der Waals surface area contributed by atoms with Crippen LogP contribution in [0.5, 0.6) is 0 Å². The molecule has 3 heteroatoms. The Kier molecular flexibility index (Phi) is 9.24. The molecule has 0 N–H and O–H groups in total. The highest BCUT2D eigenvalue weighted by Gasteiger charge is 1.97. The zero-order valence-electron chi connectivity index (χ0n) is 12.2. The van der Waals surface area contributed by atoms with E-state index in [0.717, 1.165) is 24.7 Å². The summed E-state index contributed by atoms with van der Waals surface area (Å²) in [5.74, 6) is 0.370. The van der Waals surface area contributed by atoms with Crippen molar-refractivity contribution < 1.29 is 14.3 Å². The zero-order chi connectivity index (χ0) is 14.5. The van der Waals surface area contributed by atoms with E-state index in [9.17, 15) is 4.79 Å². The molecule has 0 aromatic heterocycles. The molecule has 0 atom stereocenters. The molecule has 3 nitrogen and oxygen atoms in total. The number of hydrogen-bond donors (Lipinski definition) is 0. The van der Waals surface area contributed by atoms with Crippen LogP contribution in [0.2, 0.25) is 0 Å². The topological polar surface area (TPSA) is 35.5 Å². The van der Waals surface area contributed by atoms with Crippen molar-refractivity contribution in [3.8, 4) is 0 Å². The van der Waals surface area contributed by atoms with Crippen LogP contribution >= 0.6 is 0 Å². The summed E-state index contributed by atoms with van der Waals surface area (Å²) in [4.78, 5) is 10.8. The predicted octanol–water partition coefficient (Wildman–Crippen LogP) is 4.23. The summed E-state index contributed by atoms with van der Waals surface area (Å²) >= 11 is 0. The van der Waals surface area contributed by atoms with Crippen molar-refractivity contribution in [1.82, 2.24) is 0 Å². The Bertz CT molecular complexity index is 384. The SMILES string of the molecule is CCCCCCC=C(C=O)OCOCc1ccccc1. The monoisotopic (exact) mass is 276 g/mol. The maximum atomic E-state index is 10.8. The first kappa shape index (κ1) is 16.4. The van der Waals surface area contributed by atoms with Gasteiger partial charge in [0.05, 0.1) is 6.61 Å². The van der Waals surface area contributed by atoms with E-state index in [1.54, 1.807) is 0 Å². The van der Waals surface area contributed by atoms with Gasteiger partial charge in [0.15, 0.2) is 18.8 Å². The molecule has 0 fully saturated rings. The van der Waals surface area contributed by atoms with Gasteiger partial charge in [0.2, 0.25) is 0 Å². The number of unbranched alkanes of at least 4 members (excludes halogenated alkanes) is 4. The molecule has 0 radical (unpaired) electrons. The van der Waals surface area contributed by atoms with E-state index >= 15 is 0 Å². The Morgan fingerprint density at radius 2 is 1.95 bits per heavy atom. The molecule has 0 amide bonds. The Morgan fingerprint density at radius 3 is 2.65 bits per heavy atom. The molecule has 0 bridgehead atoms. The van der Waals surface area contributed by atoms with Crippen molar-refractivity contribution in [2.24, 2.45) is 0 Å². The van der Waals surface area contributed by atoms with Gasteiger partial charge in [0.25, 0.3) is 0 Å². The van der Waals surface area contributed by atoms with Crippen LogP contribution in [-0.2, 0) is 20.9 Å². The lowest BCUT2D eigenvalue weighted by molar-refractivity contribution is -0.111. The maximum Gasteiger partial charge on any atom is 0.189 e. The minimum Gasteiger partial charge on any atom is -0.464 e. The summed E-state index contributed by atoms with van der Waals surface area (Å²) in [5, 5.41) is 0. The number of benzene rings is 1. The average molecular weight is 276 g/mol. The van der Waals surface area contributed by atoms with E-state index in [1.165, 1.54) is 19.3 Å². The molecule has 1 aromatic rings. The van der Waals surface area contributed by atoms with E-state index < -0.39 is 0 Å². The lowest BCUT2D eigenvalue weighted by atomic mass is 10.1. The Morgan fingerprint density at radius 1 is 1.15 bits per heavy atom. The molecule has 20 heavy (non-hydrogen) atoms. The molecule has 0 saturated heterocycles. The van der Waals surface area contributed by atoms with Crippen LogP contribution in [0.15, 0.2) is 42.2 Å². The molecule has 0 unspecified atom stereocenters. The van der Waals surface area contributed by atoms with Gasteiger partial charge in [0.1, 0.15) is 0 Å². The van der Waals surface area contributed by atoms with Crippen molar-refractivity contribution in [3.05, 3.63) is 47.7 Å². The van der Waals surface area contributed by atoms with E-state index in [0.29, 0.717) is 12.4 Å². The first-order valence-corrected chi connectivity index (χ1v) is 7.26. The lowest BCUT2D eigenvalue weighted by Gasteiger charge is -2.07. The van der Waals surface area contributed by atoms with Gasteiger partial charge in [-0.05, 0) is 24.5 Å². The van der Waals surface area contributed by atoms with Crippen LogP contribution in [0, 0.1) is 0 Å². The smallest absolute Gasteiger partial charge is 0.189 e. The number of aldehydes is 1. The summed E-state index contributed by atoms with van der Waals surface area (Å²) in [6.45, 7) is 2.78. The molecule has 0 saturated carbocycles. The van der Waals surface area contributed by atoms with Gasteiger partial charge >= 0.3 is 0 Å². The molecule has 0 aliphatic rings. The zero-order valence-corrected chi connectivity index (χ0v) is 12.2. The Labute approximate surface area is 121 Å². The van der Waals surface area contributed by atoms with Gasteiger partial charge in [-0.3, -0.25) is 4.79 Å². The second-order valence-corrected chi connectivity index (χ2v) is 4.67. The molecule has 0 aliphatic carbocycles. The van der Waals surface area contributed by atoms with Gasteiger partial charge in [-0.15, -0.1) is 0 Å². The van der Waals surface area contributed by atoms with E-state index in [-0.39, 0.29) is 6.79 Å². The highest BCUT2D eigenvalue weighted by molar-refractivity contribution is 5.69. The minimum atomic E-state index is 0.106. The van der Waals surface area contributed by atoms with Gasteiger partial charge in [-0.1, -0.05) is 56.5 Å². The summed E-state index contributed by atoms with van der Waals surface area (Å²) in [7, 11) is 0. The summed E-state index contributed by atoms with van der Waals surface area (Å²) in [5.41, 5.74) is 1.09. The van der Waals surface area contributed by atoms with Crippen LogP contribution in [0.3, 0.4) is 0 Å². The van der Waals surface area contributed by atoms with E-state index in [2.05, 4.69) is 6.92 Å². The van der Waals surface area contributed by atoms with Gasteiger partial charge < -0.3 is 9.47 Å². The van der Waals surface area contributed by atoms with Crippen molar-refractivity contribution >= 4 is 6.29 Å². The Hall–Kier alpha value is -1.61. The molecule has 1 aromatic carbocycles. The number of carbonyl (C=O) groups excluding carboxylic acids is 1. The quantitative estimate of drug-likeness (QED) is 0.199. The van der Waals surface area contributed by atoms with E-state index in [1.807, 2.05) is 36.4 Å². The molecule has 0 spiro atoms. The maximum absolute atomic E-state index is 10.8. The number of rotatable bonds is 11. The predicted molar refractivity (Wildman–Crippen MR) is 80.1 cm³/mol. The van der Waals surface area contributed by atoms with Crippen molar-refractivity contribution in [2.45, 2.75) is 45.6 Å². The molecule has 1 rings (SSSR count). The fraction of sp³-hybridized carbons (Fsp3) is 0.471. The Balaban J connectivity index is 2.14. The largest absolute Gasteiger partial charge is 0.464 e. The fourth-order valence-electron chi connectivity index (χ4n) is 1.80. The third-order valence-electron chi connectivity index (χ3n) is 2.94. The third-order valence-corrected chi connectivity index (χ3v) is 2.94. The highest BCUT2D eigenvalue weighted by atomic mass is 16.7. The van der Waals surface area contributed by atoms with Crippen LogP contribution in [0.25, 0.3) is 0 Å². The molecule has 0 heterocycles. The van der Waals surface area contributed by atoms with Crippen LogP contribution in [0.4, 0.5) is 0 Å². The number of carbonyl (C=O) groups is 1. The van der Waals surface area contributed by atoms with Crippen molar-refractivity contribution in [1.29, 1.82) is 0 Å². The van der Waals surface area contributed by atoms with Gasteiger partial charge in [-0.25, -0.2) is 0 Å². The first-order chi connectivity index (χ1) is 9.86. The molecular formula is C17H24O3. The normalized spacial score (nSPS) is 11.3.